The van der Waals surface area contributed by atoms with E-state index in [2.05, 4.69) is 19.6 Å². The van der Waals surface area contributed by atoms with Crippen LogP contribution in [0.4, 0.5) is 10.3 Å². The maximum absolute atomic E-state index is 14.2. The lowest BCUT2D eigenvalue weighted by molar-refractivity contribution is -0.139. The van der Waals surface area contributed by atoms with Crippen LogP contribution < -0.4 is 9.64 Å². The highest BCUT2D eigenvalue weighted by molar-refractivity contribution is 6.30. The van der Waals surface area contributed by atoms with Crippen molar-refractivity contribution in [1.82, 2.24) is 9.97 Å². The van der Waals surface area contributed by atoms with Crippen LogP contribution in [-0.2, 0) is 16.0 Å². The van der Waals surface area contributed by atoms with Crippen molar-refractivity contribution in [3.63, 3.8) is 0 Å². The fraction of sp³-hybridized carbons (Fsp3) is 0.522. The lowest BCUT2D eigenvalue weighted by atomic mass is 9.55. The van der Waals surface area contributed by atoms with E-state index < -0.39 is 11.8 Å². The predicted octanol–water partition coefficient (Wildman–Crippen LogP) is 4.45. The zero-order chi connectivity index (χ0) is 21.8. The van der Waals surface area contributed by atoms with Gasteiger partial charge in [0.15, 0.2) is 0 Å². The number of methoxy groups -OCH3 is 1. The molecule has 0 radical (unpaired) electrons. The molecule has 1 spiro atoms. The molecule has 0 amide bonds. The first-order valence-electron chi connectivity index (χ1n) is 10.7. The van der Waals surface area contributed by atoms with Gasteiger partial charge in [0.2, 0.25) is 5.95 Å². The molecule has 166 valence electrons. The summed E-state index contributed by atoms with van der Waals surface area (Å²) in [6, 6.07) is 4.64. The van der Waals surface area contributed by atoms with Crippen molar-refractivity contribution in [3.05, 3.63) is 47.0 Å². The fourth-order valence-corrected chi connectivity index (χ4v) is 4.89. The van der Waals surface area contributed by atoms with Crippen molar-refractivity contribution >= 4 is 23.5 Å². The highest BCUT2D eigenvalue weighted by Gasteiger charge is 2.47. The van der Waals surface area contributed by atoms with Crippen LogP contribution in [-0.4, -0.2) is 42.7 Å². The first kappa shape index (κ1) is 21.8. The van der Waals surface area contributed by atoms with Gasteiger partial charge in [-0.3, -0.25) is 4.79 Å². The SMILES string of the molecule is COC(=O)Cc1ccc(OCCC2CCC23CCN(c2ncc(Cl)cn2)CC3)cc1F. The summed E-state index contributed by atoms with van der Waals surface area (Å²) in [5, 5.41) is 0.550. The lowest BCUT2D eigenvalue weighted by Gasteiger charge is -2.54. The van der Waals surface area contributed by atoms with Crippen LogP contribution in [0.5, 0.6) is 5.75 Å². The lowest BCUT2D eigenvalue weighted by Crippen LogP contribution is -2.50. The Labute approximate surface area is 186 Å². The summed E-state index contributed by atoms with van der Waals surface area (Å²) in [4.78, 5) is 22.2. The molecule has 2 fully saturated rings. The van der Waals surface area contributed by atoms with Crippen molar-refractivity contribution in [2.75, 3.05) is 31.7 Å². The van der Waals surface area contributed by atoms with Crippen molar-refractivity contribution in [3.8, 4) is 5.75 Å². The quantitative estimate of drug-likeness (QED) is 0.584. The Morgan fingerprint density at radius 1 is 1.26 bits per heavy atom. The minimum atomic E-state index is -0.462. The molecule has 2 aromatic rings. The highest BCUT2D eigenvalue weighted by Crippen LogP contribution is 2.55. The van der Waals surface area contributed by atoms with Crippen LogP contribution in [0.25, 0.3) is 0 Å². The largest absolute Gasteiger partial charge is 0.493 e. The molecular weight excluding hydrogens is 421 g/mol. The number of anilines is 1. The van der Waals surface area contributed by atoms with Gasteiger partial charge in [0.05, 0.1) is 37.6 Å². The van der Waals surface area contributed by atoms with Crippen LogP contribution in [0.1, 0.15) is 37.7 Å². The Balaban J connectivity index is 1.25. The van der Waals surface area contributed by atoms with E-state index in [-0.39, 0.29) is 6.42 Å². The van der Waals surface area contributed by atoms with E-state index in [0.717, 1.165) is 38.3 Å². The highest BCUT2D eigenvalue weighted by atomic mass is 35.5. The van der Waals surface area contributed by atoms with Gasteiger partial charge in [-0.15, -0.1) is 0 Å². The van der Waals surface area contributed by atoms with Crippen molar-refractivity contribution < 1.29 is 18.7 Å². The number of carbonyl (C=O) groups is 1. The molecule has 1 aliphatic heterocycles. The van der Waals surface area contributed by atoms with E-state index in [9.17, 15) is 9.18 Å². The summed E-state index contributed by atoms with van der Waals surface area (Å²) in [7, 11) is 1.29. The Hall–Kier alpha value is -2.41. The van der Waals surface area contributed by atoms with E-state index in [1.165, 1.54) is 26.0 Å². The molecule has 1 atom stereocenters. The minimum Gasteiger partial charge on any atom is -0.493 e. The number of aromatic nitrogens is 2. The van der Waals surface area contributed by atoms with Gasteiger partial charge < -0.3 is 14.4 Å². The van der Waals surface area contributed by atoms with E-state index >= 15 is 0 Å². The van der Waals surface area contributed by atoms with E-state index in [1.54, 1.807) is 24.5 Å². The van der Waals surface area contributed by atoms with Gasteiger partial charge in [-0.2, -0.15) is 0 Å². The molecule has 1 saturated carbocycles. The number of benzene rings is 1. The van der Waals surface area contributed by atoms with Gasteiger partial charge in [0.25, 0.3) is 0 Å². The summed E-state index contributed by atoms with van der Waals surface area (Å²) in [6.45, 7) is 2.46. The number of halogens is 2. The van der Waals surface area contributed by atoms with Gasteiger partial charge >= 0.3 is 5.97 Å². The number of carbonyl (C=O) groups excluding carboxylic acids is 1. The number of ether oxygens (including phenoxy) is 2. The van der Waals surface area contributed by atoms with Gasteiger partial charge in [0, 0.05) is 19.2 Å². The average Bonchev–Trinajstić information content (AvgIpc) is 2.78. The molecular formula is C23H27ClFN3O3. The first-order chi connectivity index (χ1) is 15.0. The second-order valence-corrected chi connectivity index (χ2v) is 8.87. The minimum absolute atomic E-state index is 0.0781. The Morgan fingerprint density at radius 3 is 2.61 bits per heavy atom. The molecule has 8 heteroatoms. The molecule has 1 aromatic heterocycles. The van der Waals surface area contributed by atoms with Crippen LogP contribution in [0.15, 0.2) is 30.6 Å². The van der Waals surface area contributed by atoms with Gasteiger partial charge in [0.1, 0.15) is 11.6 Å². The van der Waals surface area contributed by atoms with Crippen molar-refractivity contribution in [2.45, 2.75) is 38.5 Å². The molecule has 6 nitrogen and oxygen atoms in total. The van der Waals surface area contributed by atoms with E-state index in [1.807, 2.05) is 0 Å². The maximum atomic E-state index is 14.2. The fourth-order valence-electron chi connectivity index (χ4n) is 4.79. The molecule has 0 bridgehead atoms. The zero-order valence-electron chi connectivity index (χ0n) is 17.7. The number of hydrogen-bond donors (Lipinski definition) is 0. The van der Waals surface area contributed by atoms with Crippen LogP contribution in [0.2, 0.25) is 5.02 Å². The van der Waals surface area contributed by atoms with Gasteiger partial charge in [-0.25, -0.2) is 14.4 Å². The Bertz CT molecular complexity index is 917. The molecule has 1 unspecified atom stereocenters. The third-order valence-corrected chi connectivity index (χ3v) is 7.02. The van der Waals surface area contributed by atoms with Crippen LogP contribution >= 0.6 is 11.6 Å². The zero-order valence-corrected chi connectivity index (χ0v) is 18.4. The van der Waals surface area contributed by atoms with Crippen LogP contribution in [0, 0.1) is 17.2 Å². The monoisotopic (exact) mass is 447 g/mol. The number of piperidine rings is 1. The maximum Gasteiger partial charge on any atom is 0.310 e. The van der Waals surface area contributed by atoms with Crippen molar-refractivity contribution in [2.24, 2.45) is 11.3 Å². The summed E-state index contributed by atoms with van der Waals surface area (Å²) >= 11 is 5.89. The summed E-state index contributed by atoms with van der Waals surface area (Å²) in [5.74, 6) is 0.964. The smallest absolute Gasteiger partial charge is 0.310 e. The van der Waals surface area contributed by atoms with Gasteiger partial charge in [-0.05, 0) is 55.1 Å². The Kier molecular flexibility index (Phi) is 6.60. The second-order valence-electron chi connectivity index (χ2n) is 8.43. The number of rotatable bonds is 7. The molecule has 1 aliphatic carbocycles. The molecule has 1 saturated heterocycles. The number of hydrogen-bond acceptors (Lipinski definition) is 6. The number of nitrogens with zero attached hydrogens (tertiary/aromatic N) is 3. The summed E-state index contributed by atoms with van der Waals surface area (Å²) < 4.78 is 24.6. The van der Waals surface area contributed by atoms with E-state index in [0.29, 0.717) is 34.3 Å². The normalized spacial score (nSPS) is 19.7. The van der Waals surface area contributed by atoms with Crippen molar-refractivity contribution in [1.29, 1.82) is 0 Å². The van der Waals surface area contributed by atoms with E-state index in [4.69, 9.17) is 16.3 Å². The molecule has 4 rings (SSSR count). The third kappa shape index (κ3) is 4.92. The Morgan fingerprint density at radius 2 is 2.00 bits per heavy atom. The molecule has 31 heavy (non-hydrogen) atoms. The summed E-state index contributed by atoms with van der Waals surface area (Å²) in [5.41, 5.74) is 0.690. The standard InChI is InChI=1S/C23H27ClFN3O3/c1-30-21(29)12-16-2-3-19(13-20(16)25)31-11-5-17-4-6-23(17)7-9-28(10-8-23)22-26-14-18(24)15-27-22/h2-3,13-15,17H,4-12H2,1H3. The number of esters is 1. The van der Waals surface area contributed by atoms with Gasteiger partial charge in [-0.1, -0.05) is 17.7 Å². The molecule has 2 aliphatic rings. The molecule has 2 heterocycles. The second kappa shape index (κ2) is 9.39. The molecule has 0 N–H and O–H groups in total. The summed E-state index contributed by atoms with van der Waals surface area (Å²) in [6.07, 6.45) is 8.89. The molecule has 1 aromatic carbocycles. The topological polar surface area (TPSA) is 64.6 Å². The third-order valence-electron chi connectivity index (χ3n) is 6.83. The first-order valence-corrected chi connectivity index (χ1v) is 11.1. The van der Waals surface area contributed by atoms with Crippen LogP contribution in [0.3, 0.4) is 0 Å². The predicted molar refractivity (Wildman–Crippen MR) is 116 cm³/mol. The average molecular weight is 448 g/mol.